The highest BCUT2D eigenvalue weighted by Crippen LogP contribution is 2.33. The Bertz CT molecular complexity index is 363. The highest BCUT2D eigenvalue weighted by atomic mass is 15.3. The van der Waals surface area contributed by atoms with Crippen LogP contribution in [0.1, 0.15) is 30.5 Å². The van der Waals surface area contributed by atoms with Crippen LogP contribution < -0.4 is 5.32 Å². The van der Waals surface area contributed by atoms with Crippen LogP contribution in [-0.4, -0.2) is 22.9 Å². The van der Waals surface area contributed by atoms with Gasteiger partial charge in [-0.05, 0) is 62.6 Å². The first-order valence-corrected chi connectivity index (χ1v) is 6.55. The summed E-state index contributed by atoms with van der Waals surface area (Å²) < 4.78 is 2.06. The van der Waals surface area contributed by atoms with Gasteiger partial charge in [0.2, 0.25) is 0 Å². The van der Waals surface area contributed by atoms with E-state index < -0.39 is 0 Å². The van der Waals surface area contributed by atoms with Gasteiger partial charge < -0.3 is 5.32 Å². The van der Waals surface area contributed by atoms with Crippen LogP contribution in [0.25, 0.3) is 0 Å². The van der Waals surface area contributed by atoms with Crippen molar-refractivity contribution in [1.29, 1.82) is 0 Å². The Labute approximate surface area is 97.2 Å². The number of aromatic nitrogens is 2. The molecule has 0 aromatic carbocycles. The zero-order valence-corrected chi connectivity index (χ0v) is 10.1. The molecular weight excluding hydrogens is 198 g/mol. The lowest BCUT2D eigenvalue weighted by atomic mass is 9.75. The van der Waals surface area contributed by atoms with Gasteiger partial charge in [0.15, 0.2) is 0 Å². The molecular formula is C13H21N3. The first-order chi connectivity index (χ1) is 7.84. The van der Waals surface area contributed by atoms with E-state index >= 15 is 0 Å². The van der Waals surface area contributed by atoms with Gasteiger partial charge in [-0.1, -0.05) is 0 Å². The average molecular weight is 219 g/mol. The van der Waals surface area contributed by atoms with Crippen LogP contribution in [-0.2, 0) is 19.9 Å². The monoisotopic (exact) mass is 219 g/mol. The maximum absolute atomic E-state index is 4.38. The van der Waals surface area contributed by atoms with Gasteiger partial charge in [-0.25, -0.2) is 0 Å². The molecule has 2 heterocycles. The zero-order chi connectivity index (χ0) is 11.0. The lowest BCUT2D eigenvalue weighted by Gasteiger charge is -2.33. The maximum atomic E-state index is 4.38. The van der Waals surface area contributed by atoms with Crippen LogP contribution >= 0.6 is 0 Å². The summed E-state index contributed by atoms with van der Waals surface area (Å²) in [6.45, 7) is 2.45. The summed E-state index contributed by atoms with van der Waals surface area (Å²) in [6.07, 6.45) is 8.72. The summed E-state index contributed by atoms with van der Waals surface area (Å²) in [5.41, 5.74) is 2.99. The number of rotatable bonds is 1. The van der Waals surface area contributed by atoms with E-state index in [1.807, 2.05) is 0 Å². The standard InChI is InChI=1S/C13H21N3/c1-16-13-3-2-11(8-12(13)9-15-16)10-4-6-14-7-5-10/h9-11,14H,2-8H2,1H3. The maximum Gasteiger partial charge on any atom is 0.0524 e. The van der Waals surface area contributed by atoms with Crippen molar-refractivity contribution in [3.8, 4) is 0 Å². The van der Waals surface area contributed by atoms with Crippen molar-refractivity contribution < 1.29 is 0 Å². The third-order valence-corrected chi connectivity index (χ3v) is 4.43. The molecule has 1 unspecified atom stereocenters. The fraction of sp³-hybridized carbons (Fsp3) is 0.769. The molecule has 3 heteroatoms. The van der Waals surface area contributed by atoms with E-state index in [1.165, 1.54) is 56.5 Å². The van der Waals surface area contributed by atoms with Gasteiger partial charge >= 0.3 is 0 Å². The molecule has 2 aliphatic rings. The Kier molecular flexibility index (Phi) is 2.72. The topological polar surface area (TPSA) is 29.9 Å². The zero-order valence-electron chi connectivity index (χ0n) is 10.1. The molecule has 3 nitrogen and oxygen atoms in total. The second-order valence-corrected chi connectivity index (χ2v) is 5.33. The number of hydrogen-bond acceptors (Lipinski definition) is 2. The summed E-state index contributed by atoms with van der Waals surface area (Å²) in [7, 11) is 2.07. The molecule has 1 aromatic heterocycles. The number of fused-ring (bicyclic) bond motifs is 1. The number of piperidine rings is 1. The number of nitrogens with one attached hydrogen (secondary N) is 1. The molecule has 0 radical (unpaired) electrons. The minimum absolute atomic E-state index is 0.916. The van der Waals surface area contributed by atoms with Crippen LogP contribution in [0.3, 0.4) is 0 Å². The van der Waals surface area contributed by atoms with Gasteiger partial charge in [-0.3, -0.25) is 4.68 Å². The first-order valence-electron chi connectivity index (χ1n) is 6.55. The molecule has 3 rings (SSSR count). The normalized spacial score (nSPS) is 26.7. The highest BCUT2D eigenvalue weighted by molar-refractivity contribution is 5.21. The summed E-state index contributed by atoms with van der Waals surface area (Å²) in [5.74, 6) is 1.87. The summed E-state index contributed by atoms with van der Waals surface area (Å²) in [4.78, 5) is 0. The molecule has 1 aliphatic carbocycles. The Hall–Kier alpha value is -0.830. The van der Waals surface area contributed by atoms with E-state index in [0.29, 0.717) is 0 Å². The van der Waals surface area contributed by atoms with Crippen molar-refractivity contribution in [2.24, 2.45) is 18.9 Å². The van der Waals surface area contributed by atoms with E-state index in [1.54, 1.807) is 0 Å². The second-order valence-electron chi connectivity index (χ2n) is 5.33. The van der Waals surface area contributed by atoms with E-state index in [4.69, 9.17) is 0 Å². The van der Waals surface area contributed by atoms with Crippen molar-refractivity contribution >= 4 is 0 Å². The summed E-state index contributed by atoms with van der Waals surface area (Å²) in [5, 5.41) is 7.84. The molecule has 1 fully saturated rings. The van der Waals surface area contributed by atoms with Gasteiger partial charge in [0, 0.05) is 12.7 Å². The van der Waals surface area contributed by atoms with Crippen molar-refractivity contribution in [1.82, 2.24) is 15.1 Å². The number of hydrogen-bond donors (Lipinski definition) is 1. The summed E-state index contributed by atoms with van der Waals surface area (Å²) in [6, 6.07) is 0. The molecule has 1 aliphatic heterocycles. The van der Waals surface area contributed by atoms with Crippen molar-refractivity contribution in [3.63, 3.8) is 0 Å². The van der Waals surface area contributed by atoms with Crippen LogP contribution in [0.4, 0.5) is 0 Å². The van der Waals surface area contributed by atoms with E-state index in [9.17, 15) is 0 Å². The van der Waals surface area contributed by atoms with Gasteiger partial charge in [0.1, 0.15) is 0 Å². The molecule has 1 aromatic rings. The molecule has 0 amide bonds. The minimum atomic E-state index is 0.916. The van der Waals surface area contributed by atoms with Gasteiger partial charge in [0.05, 0.1) is 6.20 Å². The lowest BCUT2D eigenvalue weighted by Crippen LogP contribution is -2.33. The van der Waals surface area contributed by atoms with Crippen molar-refractivity contribution in [2.45, 2.75) is 32.1 Å². The predicted molar refractivity (Wildman–Crippen MR) is 64.3 cm³/mol. The van der Waals surface area contributed by atoms with Gasteiger partial charge in [-0.15, -0.1) is 0 Å². The highest BCUT2D eigenvalue weighted by Gasteiger charge is 2.28. The van der Waals surface area contributed by atoms with Gasteiger partial charge in [-0.2, -0.15) is 5.10 Å². The molecule has 88 valence electrons. The van der Waals surface area contributed by atoms with Crippen molar-refractivity contribution in [3.05, 3.63) is 17.5 Å². The Morgan fingerprint density at radius 1 is 1.25 bits per heavy atom. The van der Waals surface area contributed by atoms with E-state index in [-0.39, 0.29) is 0 Å². The SMILES string of the molecule is Cn1ncc2c1CCC(C1CCNCC1)C2. The molecule has 1 atom stereocenters. The predicted octanol–water partition coefficient (Wildman–Crippen LogP) is 1.52. The molecule has 0 saturated carbocycles. The molecule has 1 saturated heterocycles. The van der Waals surface area contributed by atoms with E-state index in [0.717, 1.165) is 11.8 Å². The first kappa shape index (κ1) is 10.3. The number of nitrogens with zero attached hydrogens (tertiary/aromatic N) is 2. The fourth-order valence-electron chi connectivity index (χ4n) is 3.43. The summed E-state index contributed by atoms with van der Waals surface area (Å²) >= 11 is 0. The van der Waals surface area contributed by atoms with Crippen LogP contribution in [0.2, 0.25) is 0 Å². The third-order valence-electron chi connectivity index (χ3n) is 4.43. The van der Waals surface area contributed by atoms with Crippen LogP contribution in [0, 0.1) is 11.8 Å². The molecule has 1 N–H and O–H groups in total. The Balaban J connectivity index is 1.72. The molecule has 0 spiro atoms. The third kappa shape index (κ3) is 1.77. The van der Waals surface area contributed by atoms with Crippen LogP contribution in [0.5, 0.6) is 0 Å². The fourth-order valence-corrected chi connectivity index (χ4v) is 3.43. The van der Waals surface area contributed by atoms with E-state index in [2.05, 4.69) is 28.3 Å². The number of aryl methyl sites for hydroxylation is 1. The minimum Gasteiger partial charge on any atom is -0.317 e. The lowest BCUT2D eigenvalue weighted by molar-refractivity contribution is 0.236. The molecule has 0 bridgehead atoms. The smallest absolute Gasteiger partial charge is 0.0524 e. The Morgan fingerprint density at radius 3 is 2.88 bits per heavy atom. The quantitative estimate of drug-likeness (QED) is 0.776. The van der Waals surface area contributed by atoms with Crippen molar-refractivity contribution in [2.75, 3.05) is 13.1 Å². The van der Waals surface area contributed by atoms with Crippen LogP contribution in [0.15, 0.2) is 6.20 Å². The largest absolute Gasteiger partial charge is 0.317 e. The average Bonchev–Trinajstić information content (AvgIpc) is 2.72. The van der Waals surface area contributed by atoms with Gasteiger partial charge in [0.25, 0.3) is 0 Å². The molecule has 16 heavy (non-hydrogen) atoms. The Morgan fingerprint density at radius 2 is 2.06 bits per heavy atom. The second kappa shape index (κ2) is 4.21.